The van der Waals surface area contributed by atoms with Gasteiger partial charge in [-0.1, -0.05) is 18.7 Å². The van der Waals surface area contributed by atoms with Crippen LogP contribution in [0, 0.1) is 5.82 Å². The van der Waals surface area contributed by atoms with Crippen LogP contribution in [0.2, 0.25) is 0 Å². The Morgan fingerprint density at radius 2 is 2.21 bits per heavy atom. The van der Waals surface area contributed by atoms with Gasteiger partial charge in [0.05, 0.1) is 15.9 Å². The summed E-state index contributed by atoms with van der Waals surface area (Å²) >= 11 is 4.28. The van der Waals surface area contributed by atoms with E-state index < -0.39 is 5.82 Å². The average molecular weight is 419 g/mol. The third-order valence-corrected chi connectivity index (χ3v) is 4.37. The maximum absolute atomic E-state index is 13.2. The summed E-state index contributed by atoms with van der Waals surface area (Å²) in [5.41, 5.74) is 6.62. The molecule has 0 unspecified atom stereocenters. The molecule has 0 amide bonds. The number of aliphatic imine (C=N–C) groups is 1. The van der Waals surface area contributed by atoms with E-state index in [0.29, 0.717) is 17.1 Å². The van der Waals surface area contributed by atoms with Crippen molar-refractivity contribution in [3.8, 4) is 0 Å². The van der Waals surface area contributed by atoms with E-state index in [9.17, 15) is 9.18 Å². The third-order valence-electron chi connectivity index (χ3n) is 2.75. The average Bonchev–Trinajstić information content (AvgIpc) is 2.98. The van der Waals surface area contributed by atoms with Crippen LogP contribution in [0.4, 0.5) is 10.1 Å². The van der Waals surface area contributed by atoms with Crippen LogP contribution in [0.15, 0.2) is 37.3 Å². The first-order valence-electron chi connectivity index (χ1n) is 6.78. The molecule has 24 heavy (non-hydrogen) atoms. The van der Waals surface area contributed by atoms with Crippen molar-refractivity contribution in [3.63, 3.8) is 0 Å². The molecule has 0 fully saturated rings. The van der Waals surface area contributed by atoms with Crippen LogP contribution < -0.4 is 5.73 Å². The number of carbonyl (C=O) groups is 1. The van der Waals surface area contributed by atoms with Gasteiger partial charge in [-0.2, -0.15) is 0 Å². The second-order valence-corrected chi connectivity index (χ2v) is 6.41. The van der Waals surface area contributed by atoms with Crippen molar-refractivity contribution in [2.75, 3.05) is 5.75 Å². The summed E-state index contributed by atoms with van der Waals surface area (Å²) in [4.78, 5) is 15.7. The number of halogens is 2. The highest BCUT2D eigenvalue weighted by atomic mass is 79.9. The van der Waals surface area contributed by atoms with Crippen molar-refractivity contribution in [2.45, 2.75) is 24.8 Å². The Morgan fingerprint density at radius 1 is 1.46 bits per heavy atom. The van der Waals surface area contributed by atoms with E-state index >= 15 is 0 Å². The molecule has 0 radical (unpaired) electrons. The lowest BCUT2D eigenvalue weighted by atomic mass is 10.3. The SMILES string of the molecule is CCCC(=O)CSc1nonc1C(N)=Nc1ccc(F)c(Br)c1.O. The number of thioether (sulfide) groups is 1. The molecule has 10 heteroatoms. The molecule has 0 aliphatic rings. The van der Waals surface area contributed by atoms with Gasteiger partial charge in [-0.25, -0.2) is 14.0 Å². The Labute approximate surface area is 150 Å². The van der Waals surface area contributed by atoms with Crippen molar-refractivity contribution in [3.05, 3.63) is 34.2 Å². The first kappa shape index (κ1) is 20.3. The summed E-state index contributed by atoms with van der Waals surface area (Å²) in [5, 5.41) is 7.85. The summed E-state index contributed by atoms with van der Waals surface area (Å²) in [5.74, 6) is 0.0701. The van der Waals surface area contributed by atoms with E-state index in [1.165, 1.54) is 30.0 Å². The minimum Gasteiger partial charge on any atom is -0.412 e. The quantitative estimate of drug-likeness (QED) is 0.418. The largest absolute Gasteiger partial charge is 0.412 e. The predicted molar refractivity (Wildman–Crippen MR) is 93.0 cm³/mol. The first-order chi connectivity index (χ1) is 11.0. The van der Waals surface area contributed by atoms with Crippen LogP contribution in [0.3, 0.4) is 0 Å². The van der Waals surface area contributed by atoms with E-state index in [0.717, 1.165) is 6.42 Å². The van der Waals surface area contributed by atoms with Crippen molar-refractivity contribution >= 4 is 45.0 Å². The zero-order valence-corrected chi connectivity index (χ0v) is 15.2. The minimum absolute atomic E-state index is 0. The van der Waals surface area contributed by atoms with Gasteiger partial charge in [-0.05, 0) is 50.9 Å². The second-order valence-electron chi connectivity index (χ2n) is 4.59. The highest BCUT2D eigenvalue weighted by Gasteiger charge is 2.16. The van der Waals surface area contributed by atoms with E-state index in [1.54, 1.807) is 0 Å². The number of rotatable bonds is 7. The van der Waals surface area contributed by atoms with Crippen molar-refractivity contribution < 1.29 is 19.3 Å². The molecular weight excluding hydrogens is 403 g/mol. The molecular formula is C14H16BrFN4O3S. The number of Topliss-reactive ketones (excluding diaryl/α,β-unsaturated/α-hetero) is 1. The van der Waals surface area contributed by atoms with Gasteiger partial charge in [0, 0.05) is 6.42 Å². The summed E-state index contributed by atoms with van der Waals surface area (Å²) in [6.07, 6.45) is 1.31. The third kappa shape index (κ3) is 5.39. The minimum atomic E-state index is -0.392. The Balaban J connectivity index is 0.00000288. The number of aromatic nitrogens is 2. The molecule has 0 saturated heterocycles. The van der Waals surface area contributed by atoms with Crippen molar-refractivity contribution in [1.29, 1.82) is 0 Å². The molecule has 130 valence electrons. The zero-order valence-electron chi connectivity index (χ0n) is 12.8. The Hall–Kier alpha value is -1.78. The van der Waals surface area contributed by atoms with E-state index in [4.69, 9.17) is 5.73 Å². The fraction of sp³-hybridized carbons (Fsp3) is 0.286. The van der Waals surface area contributed by atoms with Gasteiger partial charge < -0.3 is 11.2 Å². The number of benzene rings is 1. The monoisotopic (exact) mass is 418 g/mol. The molecule has 0 aliphatic heterocycles. The molecule has 4 N–H and O–H groups in total. The normalized spacial score (nSPS) is 11.2. The Morgan fingerprint density at radius 3 is 2.88 bits per heavy atom. The first-order valence-corrected chi connectivity index (χ1v) is 8.55. The van der Waals surface area contributed by atoms with Crippen molar-refractivity contribution in [1.82, 2.24) is 10.3 Å². The lowest BCUT2D eigenvalue weighted by molar-refractivity contribution is -0.116. The number of ketones is 1. The number of amidine groups is 1. The van der Waals surface area contributed by atoms with E-state index in [2.05, 4.69) is 35.9 Å². The smallest absolute Gasteiger partial charge is 0.183 e. The van der Waals surface area contributed by atoms with E-state index in [-0.39, 0.29) is 33.0 Å². The predicted octanol–water partition coefficient (Wildman–Crippen LogP) is 2.64. The summed E-state index contributed by atoms with van der Waals surface area (Å²) in [7, 11) is 0. The van der Waals surface area contributed by atoms with Crippen LogP contribution in [0.1, 0.15) is 25.5 Å². The number of hydrogen-bond donors (Lipinski definition) is 1. The van der Waals surface area contributed by atoms with Gasteiger partial charge in [0.2, 0.25) is 0 Å². The number of nitrogens with zero attached hydrogens (tertiary/aromatic N) is 3. The molecule has 1 heterocycles. The van der Waals surface area contributed by atoms with Crippen LogP contribution in [-0.4, -0.2) is 33.2 Å². The fourth-order valence-corrected chi connectivity index (χ4v) is 2.85. The van der Waals surface area contributed by atoms with Crippen LogP contribution in [0.5, 0.6) is 0 Å². The number of nitrogens with two attached hydrogens (primary N) is 1. The maximum atomic E-state index is 13.2. The lowest BCUT2D eigenvalue weighted by Gasteiger charge is -2.01. The molecule has 0 spiro atoms. The summed E-state index contributed by atoms with van der Waals surface area (Å²) in [6, 6.07) is 4.25. The van der Waals surface area contributed by atoms with Gasteiger partial charge in [-0.15, -0.1) is 0 Å². The van der Waals surface area contributed by atoms with Gasteiger partial charge in [0.15, 0.2) is 16.6 Å². The van der Waals surface area contributed by atoms with Crippen LogP contribution in [0.25, 0.3) is 0 Å². The Kier molecular flexibility index (Phi) is 8.02. The highest BCUT2D eigenvalue weighted by molar-refractivity contribution is 9.10. The number of hydrogen-bond acceptors (Lipinski definition) is 6. The molecule has 1 aromatic carbocycles. The molecule has 1 aromatic heterocycles. The summed E-state index contributed by atoms with van der Waals surface area (Å²) < 4.78 is 18.2. The molecule has 0 bridgehead atoms. The molecule has 0 saturated carbocycles. The highest BCUT2D eigenvalue weighted by Crippen LogP contribution is 2.24. The summed E-state index contributed by atoms with van der Waals surface area (Å²) in [6.45, 7) is 1.94. The van der Waals surface area contributed by atoms with Gasteiger partial charge >= 0.3 is 0 Å². The molecule has 0 aliphatic carbocycles. The van der Waals surface area contributed by atoms with Crippen LogP contribution in [-0.2, 0) is 4.79 Å². The zero-order chi connectivity index (χ0) is 16.8. The molecule has 7 nitrogen and oxygen atoms in total. The van der Waals surface area contributed by atoms with Crippen LogP contribution >= 0.6 is 27.7 Å². The second kappa shape index (κ2) is 9.50. The number of carbonyl (C=O) groups excluding carboxylic acids is 1. The molecule has 0 atom stereocenters. The standard InChI is InChI=1S/C14H14BrFN4O2S.H2O/c1-2-3-9(21)7-23-14-12(19-22-20-14)13(17)18-8-4-5-11(16)10(15)6-8;/h4-6H,2-3,7H2,1H3,(H2,17,18);1H2. The fourth-order valence-electron chi connectivity index (χ4n) is 1.68. The van der Waals surface area contributed by atoms with Gasteiger partial charge in [0.25, 0.3) is 0 Å². The van der Waals surface area contributed by atoms with Gasteiger partial charge in [-0.3, -0.25) is 4.79 Å². The van der Waals surface area contributed by atoms with E-state index in [1.807, 2.05) is 6.92 Å². The topological polar surface area (TPSA) is 126 Å². The maximum Gasteiger partial charge on any atom is 0.183 e. The molecule has 2 aromatic rings. The molecule has 2 rings (SSSR count). The van der Waals surface area contributed by atoms with Crippen molar-refractivity contribution in [2.24, 2.45) is 10.7 Å². The Bertz CT molecular complexity index is 739. The lowest BCUT2D eigenvalue weighted by Crippen LogP contribution is -2.14. The van der Waals surface area contributed by atoms with Gasteiger partial charge in [0.1, 0.15) is 11.6 Å².